The summed E-state index contributed by atoms with van der Waals surface area (Å²) in [7, 11) is 0. The summed E-state index contributed by atoms with van der Waals surface area (Å²) in [5.41, 5.74) is 0. The van der Waals surface area contributed by atoms with E-state index in [1.165, 1.54) is 0 Å². The van der Waals surface area contributed by atoms with Crippen LogP contribution in [0.25, 0.3) is 0 Å². The number of ether oxygens (including phenoxy) is 2. The van der Waals surface area contributed by atoms with Crippen LogP contribution in [0.4, 0.5) is 0 Å². The molecule has 0 aromatic heterocycles. The van der Waals surface area contributed by atoms with E-state index in [4.69, 9.17) is 9.47 Å². The van der Waals surface area contributed by atoms with Crippen LogP contribution in [0.15, 0.2) is 12.2 Å². The normalized spacial score (nSPS) is 57.8. The molecular weight excluding hydrogens is 256 g/mol. The van der Waals surface area contributed by atoms with Crippen molar-refractivity contribution in [1.29, 1.82) is 0 Å². The van der Waals surface area contributed by atoms with E-state index in [1.54, 1.807) is 0 Å². The van der Waals surface area contributed by atoms with Crippen LogP contribution in [0, 0.1) is 35.5 Å². The van der Waals surface area contributed by atoms with Gasteiger partial charge in [-0.05, 0) is 49.4 Å². The van der Waals surface area contributed by atoms with Crippen LogP contribution >= 0.6 is 0 Å². The minimum atomic E-state index is -0.635. The molecule has 0 aromatic carbocycles. The second kappa shape index (κ2) is 3.86. The fourth-order valence-electron chi connectivity index (χ4n) is 5.51. The highest BCUT2D eigenvalue weighted by atomic mass is 16.6. The highest BCUT2D eigenvalue weighted by Gasteiger charge is 2.62. The number of aliphatic hydroxyl groups is 1. The maximum absolute atomic E-state index is 12.4. The van der Waals surface area contributed by atoms with Crippen LogP contribution in [0.5, 0.6) is 0 Å². The van der Waals surface area contributed by atoms with Crippen molar-refractivity contribution in [1.82, 2.24) is 0 Å². The number of carbonyl (C=O) groups is 1. The number of esters is 1. The molecule has 9 atom stereocenters. The van der Waals surface area contributed by atoms with E-state index >= 15 is 0 Å². The molecule has 4 fully saturated rings. The number of aliphatic hydroxyl groups excluding tert-OH is 1. The summed E-state index contributed by atoms with van der Waals surface area (Å²) in [5.74, 6) is 2.12. The summed E-state index contributed by atoms with van der Waals surface area (Å²) in [5, 5.41) is 9.87. The maximum Gasteiger partial charge on any atom is 0.309 e. The first-order valence-electron chi connectivity index (χ1n) is 7.93. The molecule has 0 spiro atoms. The third kappa shape index (κ3) is 1.41. The van der Waals surface area contributed by atoms with Gasteiger partial charge in [-0.25, -0.2) is 0 Å². The van der Waals surface area contributed by atoms with E-state index in [1.807, 2.05) is 0 Å². The molecule has 20 heavy (non-hydrogen) atoms. The Hall–Kier alpha value is -0.870. The molecule has 0 aromatic rings. The van der Waals surface area contributed by atoms with Gasteiger partial charge in [-0.2, -0.15) is 0 Å². The molecule has 4 bridgehead atoms. The molecule has 108 valence electrons. The van der Waals surface area contributed by atoms with E-state index in [0.29, 0.717) is 23.7 Å². The molecule has 5 rings (SSSR count). The molecule has 4 heteroatoms. The summed E-state index contributed by atoms with van der Waals surface area (Å²) in [6.45, 7) is 0. The SMILES string of the molecule is O=C(OC1C2CC3C(O)OC1C3C2)C1CC2C=CC1C2. The molecule has 1 heterocycles. The van der Waals surface area contributed by atoms with Crippen LogP contribution < -0.4 is 0 Å². The quantitative estimate of drug-likeness (QED) is 0.613. The summed E-state index contributed by atoms with van der Waals surface area (Å²) in [6.07, 6.45) is 7.73. The van der Waals surface area contributed by atoms with Crippen LogP contribution in [0.1, 0.15) is 25.7 Å². The van der Waals surface area contributed by atoms with Gasteiger partial charge in [-0.1, -0.05) is 12.2 Å². The summed E-state index contributed by atoms with van der Waals surface area (Å²) in [6, 6.07) is 0. The Bertz CT molecular complexity index is 487. The highest BCUT2D eigenvalue weighted by Crippen LogP contribution is 2.57. The van der Waals surface area contributed by atoms with Gasteiger partial charge in [0.25, 0.3) is 0 Å². The topological polar surface area (TPSA) is 55.8 Å². The number of carbonyl (C=O) groups excluding carboxylic acids is 1. The van der Waals surface area contributed by atoms with Crippen molar-refractivity contribution in [3.05, 3.63) is 12.2 Å². The standard InChI is InChI=1S/C16H20O4/c17-15(10-4-7-1-2-8(10)3-7)19-13-9-5-11-12(6-9)16(18)20-14(11)13/h1-2,7-14,16,18H,3-6H2. The largest absolute Gasteiger partial charge is 0.459 e. The Labute approximate surface area is 118 Å². The number of hydrogen-bond acceptors (Lipinski definition) is 4. The predicted octanol–water partition coefficient (Wildman–Crippen LogP) is 1.48. The summed E-state index contributed by atoms with van der Waals surface area (Å²) in [4.78, 5) is 12.4. The minimum Gasteiger partial charge on any atom is -0.459 e. The Balaban J connectivity index is 1.31. The van der Waals surface area contributed by atoms with Gasteiger partial charge in [-0.15, -0.1) is 0 Å². The van der Waals surface area contributed by atoms with E-state index in [0.717, 1.165) is 25.7 Å². The van der Waals surface area contributed by atoms with Crippen molar-refractivity contribution < 1.29 is 19.4 Å². The zero-order valence-corrected chi connectivity index (χ0v) is 11.4. The smallest absolute Gasteiger partial charge is 0.309 e. The lowest BCUT2D eigenvalue weighted by Crippen LogP contribution is -2.38. The minimum absolute atomic E-state index is 0.0269. The molecule has 0 radical (unpaired) electrons. The lowest BCUT2D eigenvalue weighted by Gasteiger charge is -2.28. The second-order valence-corrected chi connectivity index (χ2v) is 7.34. The van der Waals surface area contributed by atoms with Crippen molar-refractivity contribution in [3.8, 4) is 0 Å². The molecule has 1 aliphatic heterocycles. The summed E-state index contributed by atoms with van der Waals surface area (Å²) >= 11 is 0. The van der Waals surface area contributed by atoms with Crippen LogP contribution in [-0.4, -0.2) is 29.6 Å². The van der Waals surface area contributed by atoms with Gasteiger partial charge >= 0.3 is 5.97 Å². The average Bonchev–Trinajstić information content (AvgIpc) is 3.19. The molecule has 9 unspecified atom stereocenters. The van der Waals surface area contributed by atoms with Gasteiger partial charge in [-0.3, -0.25) is 4.79 Å². The van der Waals surface area contributed by atoms with Gasteiger partial charge in [0.1, 0.15) is 12.2 Å². The molecule has 1 saturated heterocycles. The predicted molar refractivity (Wildman–Crippen MR) is 69.3 cm³/mol. The molecule has 4 nitrogen and oxygen atoms in total. The number of fused-ring (bicyclic) bond motifs is 3. The Morgan fingerprint density at radius 3 is 2.75 bits per heavy atom. The van der Waals surface area contributed by atoms with E-state index in [9.17, 15) is 9.90 Å². The number of rotatable bonds is 2. The van der Waals surface area contributed by atoms with Crippen molar-refractivity contribution in [2.45, 2.75) is 44.2 Å². The van der Waals surface area contributed by atoms with Crippen molar-refractivity contribution >= 4 is 5.97 Å². The molecule has 3 saturated carbocycles. The fourth-order valence-corrected chi connectivity index (χ4v) is 5.51. The zero-order chi connectivity index (χ0) is 13.4. The lowest BCUT2D eigenvalue weighted by atomic mass is 9.87. The van der Waals surface area contributed by atoms with Gasteiger partial charge in [0.2, 0.25) is 0 Å². The first kappa shape index (κ1) is 11.8. The fraction of sp³-hybridized carbons (Fsp3) is 0.812. The Morgan fingerprint density at radius 1 is 1.15 bits per heavy atom. The summed E-state index contributed by atoms with van der Waals surface area (Å²) < 4.78 is 11.5. The van der Waals surface area contributed by atoms with Gasteiger partial charge < -0.3 is 14.6 Å². The van der Waals surface area contributed by atoms with Gasteiger partial charge in [0.15, 0.2) is 6.29 Å². The molecular formula is C16H20O4. The van der Waals surface area contributed by atoms with Gasteiger partial charge in [0.05, 0.1) is 5.92 Å². The Morgan fingerprint density at radius 2 is 2.00 bits per heavy atom. The Kier molecular flexibility index (Phi) is 2.27. The van der Waals surface area contributed by atoms with Crippen LogP contribution in [0.3, 0.4) is 0 Å². The van der Waals surface area contributed by atoms with E-state index in [2.05, 4.69) is 12.2 Å². The number of allylic oxidation sites excluding steroid dienone is 2. The molecule has 5 aliphatic rings. The number of hydrogen-bond donors (Lipinski definition) is 1. The average molecular weight is 276 g/mol. The van der Waals surface area contributed by atoms with E-state index in [-0.39, 0.29) is 30.0 Å². The van der Waals surface area contributed by atoms with Crippen molar-refractivity contribution in [2.24, 2.45) is 35.5 Å². The zero-order valence-electron chi connectivity index (χ0n) is 11.4. The van der Waals surface area contributed by atoms with Gasteiger partial charge in [0, 0.05) is 5.92 Å². The van der Waals surface area contributed by atoms with E-state index < -0.39 is 6.29 Å². The second-order valence-electron chi connectivity index (χ2n) is 7.34. The van der Waals surface area contributed by atoms with Crippen LogP contribution in [-0.2, 0) is 14.3 Å². The molecule has 1 N–H and O–H groups in total. The lowest BCUT2D eigenvalue weighted by molar-refractivity contribution is -0.170. The highest BCUT2D eigenvalue weighted by molar-refractivity contribution is 5.74. The first-order valence-corrected chi connectivity index (χ1v) is 7.93. The van der Waals surface area contributed by atoms with Crippen molar-refractivity contribution in [3.63, 3.8) is 0 Å². The maximum atomic E-state index is 12.4. The first-order chi connectivity index (χ1) is 9.70. The third-order valence-electron chi connectivity index (χ3n) is 6.41. The third-order valence-corrected chi connectivity index (χ3v) is 6.41. The monoisotopic (exact) mass is 276 g/mol. The van der Waals surface area contributed by atoms with Crippen molar-refractivity contribution in [2.75, 3.05) is 0 Å². The van der Waals surface area contributed by atoms with Crippen LogP contribution in [0.2, 0.25) is 0 Å². The molecule has 4 aliphatic carbocycles. The molecule has 0 amide bonds.